The molecule has 2 rings (SSSR count). The van der Waals surface area contributed by atoms with Gasteiger partial charge in [-0.2, -0.15) is 5.10 Å². The molecule has 0 aromatic carbocycles. The van der Waals surface area contributed by atoms with Gasteiger partial charge in [0.05, 0.1) is 5.69 Å². The standard InChI is InChI=1S/C8H13N3O/c12-6-7-3-9-4-8-1-2-10-11(8)5-7/h1-2,7,9,12H,3-6H2. The molecule has 0 fully saturated rings. The lowest BCUT2D eigenvalue weighted by Gasteiger charge is -2.10. The number of fused-ring (bicyclic) bond motifs is 1. The Kier molecular flexibility index (Phi) is 2.10. The van der Waals surface area contributed by atoms with Crippen LogP contribution in [0.3, 0.4) is 0 Å². The van der Waals surface area contributed by atoms with Gasteiger partial charge >= 0.3 is 0 Å². The Morgan fingerprint density at radius 2 is 2.67 bits per heavy atom. The number of nitrogens with one attached hydrogen (secondary N) is 1. The van der Waals surface area contributed by atoms with Gasteiger partial charge in [0, 0.05) is 38.4 Å². The summed E-state index contributed by atoms with van der Waals surface area (Å²) in [5.74, 6) is 0.297. The summed E-state index contributed by atoms with van der Waals surface area (Å²) in [4.78, 5) is 0. The van der Waals surface area contributed by atoms with E-state index in [-0.39, 0.29) is 6.61 Å². The van der Waals surface area contributed by atoms with Gasteiger partial charge in [0.25, 0.3) is 0 Å². The second-order valence-corrected chi connectivity index (χ2v) is 3.18. The summed E-state index contributed by atoms with van der Waals surface area (Å²) in [5, 5.41) is 16.4. The summed E-state index contributed by atoms with van der Waals surface area (Å²) < 4.78 is 1.96. The molecule has 0 saturated heterocycles. The van der Waals surface area contributed by atoms with Gasteiger partial charge in [-0.25, -0.2) is 0 Å². The number of hydrogen-bond acceptors (Lipinski definition) is 3. The van der Waals surface area contributed by atoms with Crippen molar-refractivity contribution in [1.29, 1.82) is 0 Å². The van der Waals surface area contributed by atoms with Crippen LogP contribution in [0, 0.1) is 5.92 Å². The fraction of sp³-hybridized carbons (Fsp3) is 0.625. The van der Waals surface area contributed by atoms with Gasteiger partial charge in [-0.15, -0.1) is 0 Å². The number of nitrogens with zero attached hydrogens (tertiary/aromatic N) is 2. The van der Waals surface area contributed by atoms with Crippen LogP contribution in [0.2, 0.25) is 0 Å². The second kappa shape index (κ2) is 3.25. The Balaban J connectivity index is 2.18. The molecule has 1 aromatic heterocycles. The second-order valence-electron chi connectivity index (χ2n) is 3.18. The summed E-state index contributed by atoms with van der Waals surface area (Å²) in [6, 6.07) is 2.01. The molecule has 1 aliphatic heterocycles. The van der Waals surface area contributed by atoms with Crippen LogP contribution in [0.1, 0.15) is 5.69 Å². The molecule has 1 atom stereocenters. The average molecular weight is 167 g/mol. The first-order valence-corrected chi connectivity index (χ1v) is 4.22. The van der Waals surface area contributed by atoms with Crippen LogP contribution < -0.4 is 5.32 Å². The van der Waals surface area contributed by atoms with Crippen molar-refractivity contribution in [2.45, 2.75) is 13.1 Å². The van der Waals surface area contributed by atoms with Crippen molar-refractivity contribution < 1.29 is 5.11 Å². The monoisotopic (exact) mass is 167 g/mol. The largest absolute Gasteiger partial charge is 0.396 e. The van der Waals surface area contributed by atoms with E-state index >= 15 is 0 Å². The van der Waals surface area contributed by atoms with Gasteiger partial charge in [-0.1, -0.05) is 0 Å². The minimum absolute atomic E-state index is 0.228. The molecular formula is C8H13N3O. The van der Waals surface area contributed by atoms with E-state index < -0.39 is 0 Å². The maximum Gasteiger partial charge on any atom is 0.0522 e. The van der Waals surface area contributed by atoms with Crippen molar-refractivity contribution >= 4 is 0 Å². The van der Waals surface area contributed by atoms with Crippen molar-refractivity contribution in [2.24, 2.45) is 5.92 Å². The molecule has 1 unspecified atom stereocenters. The topological polar surface area (TPSA) is 50.1 Å². The van der Waals surface area contributed by atoms with Crippen molar-refractivity contribution in [3.63, 3.8) is 0 Å². The normalized spacial score (nSPS) is 23.2. The highest BCUT2D eigenvalue weighted by atomic mass is 16.3. The Morgan fingerprint density at radius 3 is 3.50 bits per heavy atom. The number of aliphatic hydroxyl groups excluding tert-OH is 1. The van der Waals surface area contributed by atoms with E-state index in [2.05, 4.69) is 10.4 Å². The summed E-state index contributed by atoms with van der Waals surface area (Å²) in [7, 11) is 0. The molecule has 66 valence electrons. The zero-order chi connectivity index (χ0) is 8.39. The smallest absolute Gasteiger partial charge is 0.0522 e. The number of hydrogen-bond donors (Lipinski definition) is 2. The van der Waals surface area contributed by atoms with E-state index in [4.69, 9.17) is 5.11 Å². The van der Waals surface area contributed by atoms with Gasteiger partial charge in [0.2, 0.25) is 0 Å². The predicted octanol–water partition coefficient (Wildman–Crippen LogP) is -0.405. The van der Waals surface area contributed by atoms with Crippen molar-refractivity contribution in [3.05, 3.63) is 18.0 Å². The van der Waals surface area contributed by atoms with E-state index in [0.717, 1.165) is 19.6 Å². The van der Waals surface area contributed by atoms with E-state index in [1.54, 1.807) is 6.20 Å². The third-order valence-corrected chi connectivity index (χ3v) is 2.23. The Labute approximate surface area is 71.2 Å². The molecule has 0 bridgehead atoms. The van der Waals surface area contributed by atoms with Gasteiger partial charge in [-0.3, -0.25) is 4.68 Å². The van der Waals surface area contributed by atoms with Gasteiger partial charge in [0.15, 0.2) is 0 Å². The lowest BCUT2D eigenvalue weighted by molar-refractivity contribution is 0.208. The van der Waals surface area contributed by atoms with Crippen molar-refractivity contribution in [1.82, 2.24) is 15.1 Å². The molecule has 0 radical (unpaired) electrons. The first-order valence-electron chi connectivity index (χ1n) is 4.22. The first-order chi connectivity index (χ1) is 5.90. The number of aliphatic hydroxyl groups is 1. The number of rotatable bonds is 1. The van der Waals surface area contributed by atoms with Crippen LogP contribution in [-0.4, -0.2) is 28.0 Å². The fourth-order valence-electron chi connectivity index (χ4n) is 1.51. The Hall–Kier alpha value is -0.870. The summed E-state index contributed by atoms with van der Waals surface area (Å²) in [5.41, 5.74) is 1.20. The molecule has 2 heterocycles. The Bertz CT molecular complexity index is 259. The minimum atomic E-state index is 0.228. The molecular weight excluding hydrogens is 154 g/mol. The molecule has 4 nitrogen and oxygen atoms in total. The SMILES string of the molecule is OCC1CNCc2ccnn2C1. The summed E-state index contributed by atoms with van der Waals surface area (Å²) in [6.45, 7) is 2.79. The lowest BCUT2D eigenvalue weighted by atomic mass is 10.1. The van der Waals surface area contributed by atoms with E-state index in [0.29, 0.717) is 5.92 Å². The van der Waals surface area contributed by atoms with Crippen molar-refractivity contribution in [3.8, 4) is 0 Å². The number of aromatic nitrogens is 2. The van der Waals surface area contributed by atoms with E-state index in [9.17, 15) is 0 Å². The lowest BCUT2D eigenvalue weighted by Crippen LogP contribution is -2.23. The zero-order valence-corrected chi connectivity index (χ0v) is 6.90. The highest BCUT2D eigenvalue weighted by molar-refractivity contribution is 5.01. The average Bonchev–Trinajstić information content (AvgIpc) is 2.43. The van der Waals surface area contributed by atoms with Gasteiger partial charge in [-0.05, 0) is 6.07 Å². The van der Waals surface area contributed by atoms with Crippen LogP contribution in [0.15, 0.2) is 12.3 Å². The molecule has 12 heavy (non-hydrogen) atoms. The summed E-state index contributed by atoms with van der Waals surface area (Å²) >= 11 is 0. The highest BCUT2D eigenvalue weighted by Crippen LogP contribution is 2.07. The molecule has 2 N–H and O–H groups in total. The molecule has 1 aliphatic rings. The molecule has 0 spiro atoms. The third kappa shape index (κ3) is 1.35. The van der Waals surface area contributed by atoms with Gasteiger partial charge in [0.1, 0.15) is 0 Å². The van der Waals surface area contributed by atoms with Crippen LogP contribution in [0.5, 0.6) is 0 Å². The van der Waals surface area contributed by atoms with E-state index in [1.807, 2.05) is 10.7 Å². The van der Waals surface area contributed by atoms with Gasteiger partial charge < -0.3 is 10.4 Å². The van der Waals surface area contributed by atoms with Crippen molar-refractivity contribution in [2.75, 3.05) is 13.2 Å². The van der Waals surface area contributed by atoms with Crippen LogP contribution in [-0.2, 0) is 13.1 Å². The molecule has 4 heteroatoms. The fourth-order valence-corrected chi connectivity index (χ4v) is 1.51. The van der Waals surface area contributed by atoms with E-state index in [1.165, 1.54) is 5.69 Å². The molecule has 0 amide bonds. The maximum atomic E-state index is 9.00. The molecule has 0 aliphatic carbocycles. The van der Waals surface area contributed by atoms with Crippen LogP contribution >= 0.6 is 0 Å². The maximum absolute atomic E-state index is 9.00. The predicted molar refractivity (Wildman–Crippen MR) is 44.5 cm³/mol. The first kappa shape index (κ1) is 7.76. The highest BCUT2D eigenvalue weighted by Gasteiger charge is 2.14. The Morgan fingerprint density at radius 1 is 1.75 bits per heavy atom. The quantitative estimate of drug-likeness (QED) is 0.598. The minimum Gasteiger partial charge on any atom is -0.396 e. The summed E-state index contributed by atoms with van der Waals surface area (Å²) in [6.07, 6.45) is 1.80. The van der Waals surface area contributed by atoms with Crippen LogP contribution in [0.25, 0.3) is 0 Å². The zero-order valence-electron chi connectivity index (χ0n) is 6.90. The third-order valence-electron chi connectivity index (χ3n) is 2.23. The molecule has 0 saturated carbocycles. The van der Waals surface area contributed by atoms with Crippen LogP contribution in [0.4, 0.5) is 0 Å². The molecule has 1 aromatic rings.